The van der Waals surface area contributed by atoms with Gasteiger partial charge in [0.1, 0.15) is 0 Å². The highest BCUT2D eigenvalue weighted by atomic mass is 16.5. The second-order valence-electron chi connectivity index (χ2n) is 12.2. The zero-order valence-corrected chi connectivity index (χ0v) is 28.6. The average molecular weight is 591 g/mol. The zero-order valence-electron chi connectivity index (χ0n) is 28.6. The molecule has 4 nitrogen and oxygen atoms in total. The molecule has 0 unspecified atom stereocenters. The van der Waals surface area contributed by atoms with Crippen molar-refractivity contribution in [1.29, 1.82) is 0 Å². The molecule has 0 saturated heterocycles. The molecule has 246 valence electrons. The van der Waals surface area contributed by atoms with Gasteiger partial charge in [-0.3, -0.25) is 0 Å². The molecule has 4 heteroatoms. The first-order valence-corrected chi connectivity index (χ1v) is 18.5. The first-order valence-electron chi connectivity index (χ1n) is 18.5. The van der Waals surface area contributed by atoms with Crippen molar-refractivity contribution in [1.82, 2.24) is 0 Å². The van der Waals surface area contributed by atoms with Gasteiger partial charge in [0, 0.05) is 12.1 Å². The summed E-state index contributed by atoms with van der Waals surface area (Å²) in [6.07, 6.45) is 30.1. The van der Waals surface area contributed by atoms with Crippen LogP contribution < -0.4 is 18.9 Å². The van der Waals surface area contributed by atoms with Crippen molar-refractivity contribution in [3.63, 3.8) is 0 Å². The van der Waals surface area contributed by atoms with Gasteiger partial charge < -0.3 is 18.9 Å². The van der Waals surface area contributed by atoms with Crippen LogP contribution in [0.25, 0.3) is 0 Å². The van der Waals surface area contributed by atoms with E-state index in [2.05, 4.69) is 27.7 Å². The normalized spacial score (nSPS) is 11.1. The van der Waals surface area contributed by atoms with Crippen LogP contribution >= 0.6 is 0 Å². The Morgan fingerprint density at radius 3 is 0.690 bits per heavy atom. The molecule has 0 N–H and O–H groups in total. The van der Waals surface area contributed by atoms with Crippen LogP contribution in [0.5, 0.6) is 23.0 Å². The molecule has 0 fully saturated rings. The average Bonchev–Trinajstić information content (AvgIpc) is 3.00. The van der Waals surface area contributed by atoms with E-state index < -0.39 is 0 Å². The van der Waals surface area contributed by atoms with Crippen LogP contribution in [0, 0.1) is 0 Å². The monoisotopic (exact) mass is 591 g/mol. The highest BCUT2D eigenvalue weighted by molar-refractivity contribution is 5.54. The smallest absolute Gasteiger partial charge is 0.165 e. The molecule has 0 atom stereocenters. The number of unbranched alkanes of at least 4 members (excludes halogenated alkanes) is 20. The van der Waals surface area contributed by atoms with Crippen molar-refractivity contribution >= 4 is 0 Å². The number of hydrogen-bond donors (Lipinski definition) is 0. The van der Waals surface area contributed by atoms with Crippen molar-refractivity contribution in [2.75, 3.05) is 26.4 Å². The first kappa shape index (κ1) is 38.4. The number of hydrogen-bond acceptors (Lipinski definition) is 4. The minimum absolute atomic E-state index is 0.717. The Labute approximate surface area is 262 Å². The molecular formula is C38H70O4. The summed E-state index contributed by atoms with van der Waals surface area (Å²) >= 11 is 0. The predicted molar refractivity (Wildman–Crippen MR) is 182 cm³/mol. The topological polar surface area (TPSA) is 36.9 Å². The maximum Gasteiger partial charge on any atom is 0.165 e. The van der Waals surface area contributed by atoms with Gasteiger partial charge in [-0.25, -0.2) is 0 Å². The zero-order chi connectivity index (χ0) is 30.4. The summed E-state index contributed by atoms with van der Waals surface area (Å²) in [5, 5.41) is 0. The molecule has 0 aliphatic heterocycles. The van der Waals surface area contributed by atoms with E-state index in [1.807, 2.05) is 12.1 Å². The third kappa shape index (κ3) is 21.2. The molecule has 0 aromatic heterocycles. The number of ether oxygens (including phenoxy) is 4. The molecule has 1 aromatic carbocycles. The SMILES string of the molecule is CCCCCCCCOc1cc(OCCCCCCCC)c(OCCCCCCCC)cc1OCCCCCCCC. The summed E-state index contributed by atoms with van der Waals surface area (Å²) in [6.45, 7) is 11.9. The Hall–Kier alpha value is -1.58. The Kier molecular flexibility index (Phi) is 27.0. The fraction of sp³-hybridized carbons (Fsp3) is 0.842. The Morgan fingerprint density at radius 2 is 0.476 bits per heavy atom. The molecular weight excluding hydrogens is 520 g/mol. The fourth-order valence-electron chi connectivity index (χ4n) is 5.23. The fourth-order valence-corrected chi connectivity index (χ4v) is 5.23. The minimum Gasteiger partial charge on any atom is -0.490 e. The van der Waals surface area contributed by atoms with Crippen LogP contribution in [-0.4, -0.2) is 26.4 Å². The minimum atomic E-state index is 0.717. The molecule has 0 radical (unpaired) electrons. The Balaban J connectivity index is 2.84. The van der Waals surface area contributed by atoms with Crippen molar-refractivity contribution in [3.05, 3.63) is 12.1 Å². The lowest BCUT2D eigenvalue weighted by Gasteiger charge is -2.19. The first-order chi connectivity index (χ1) is 20.8. The van der Waals surface area contributed by atoms with Gasteiger partial charge in [0.2, 0.25) is 0 Å². The second kappa shape index (κ2) is 29.5. The van der Waals surface area contributed by atoms with Crippen LogP contribution in [0.2, 0.25) is 0 Å². The third-order valence-corrected chi connectivity index (χ3v) is 8.03. The molecule has 0 aliphatic rings. The summed E-state index contributed by atoms with van der Waals surface area (Å²) in [4.78, 5) is 0. The van der Waals surface area contributed by atoms with Crippen molar-refractivity contribution in [2.24, 2.45) is 0 Å². The molecule has 0 aliphatic carbocycles. The lowest BCUT2D eigenvalue weighted by Crippen LogP contribution is -2.07. The van der Waals surface area contributed by atoms with E-state index in [4.69, 9.17) is 18.9 Å². The molecule has 0 heterocycles. The van der Waals surface area contributed by atoms with Gasteiger partial charge in [0.05, 0.1) is 26.4 Å². The highest BCUT2D eigenvalue weighted by Crippen LogP contribution is 2.40. The van der Waals surface area contributed by atoms with Crippen LogP contribution in [0.1, 0.15) is 182 Å². The van der Waals surface area contributed by atoms with E-state index in [1.54, 1.807) is 0 Å². The van der Waals surface area contributed by atoms with Crippen LogP contribution in [0.15, 0.2) is 12.1 Å². The molecule has 0 spiro atoms. The maximum absolute atomic E-state index is 6.34. The number of benzene rings is 1. The standard InChI is InChI=1S/C38H70O4/c1-5-9-13-17-21-25-29-39-35-33-37(41-31-27-23-19-15-11-7-3)38(42-32-28-24-20-16-12-8-4)34-36(35)40-30-26-22-18-14-10-6-2/h33-34H,5-32H2,1-4H3. The van der Waals surface area contributed by atoms with E-state index >= 15 is 0 Å². The number of rotatable bonds is 32. The molecule has 1 rings (SSSR count). The molecule has 0 amide bonds. The van der Waals surface area contributed by atoms with Gasteiger partial charge in [-0.1, -0.05) is 156 Å². The summed E-state index contributed by atoms with van der Waals surface area (Å²) < 4.78 is 25.4. The summed E-state index contributed by atoms with van der Waals surface area (Å²) in [7, 11) is 0. The van der Waals surface area contributed by atoms with Gasteiger partial charge in [0.15, 0.2) is 23.0 Å². The van der Waals surface area contributed by atoms with Gasteiger partial charge in [-0.15, -0.1) is 0 Å². The van der Waals surface area contributed by atoms with Crippen molar-refractivity contribution < 1.29 is 18.9 Å². The van der Waals surface area contributed by atoms with Crippen LogP contribution in [-0.2, 0) is 0 Å². The van der Waals surface area contributed by atoms with Crippen molar-refractivity contribution in [3.8, 4) is 23.0 Å². The van der Waals surface area contributed by atoms with Crippen molar-refractivity contribution in [2.45, 2.75) is 182 Å². The Bertz CT molecular complexity index is 590. The summed E-state index contributed by atoms with van der Waals surface area (Å²) in [5.74, 6) is 3.22. The van der Waals surface area contributed by atoms with E-state index in [1.165, 1.54) is 128 Å². The highest BCUT2D eigenvalue weighted by Gasteiger charge is 2.16. The Morgan fingerprint density at radius 1 is 0.286 bits per heavy atom. The largest absolute Gasteiger partial charge is 0.490 e. The van der Waals surface area contributed by atoms with E-state index in [0.717, 1.165) is 48.7 Å². The van der Waals surface area contributed by atoms with Gasteiger partial charge in [-0.2, -0.15) is 0 Å². The van der Waals surface area contributed by atoms with Gasteiger partial charge in [0.25, 0.3) is 0 Å². The summed E-state index contributed by atoms with van der Waals surface area (Å²) in [5.41, 5.74) is 0. The van der Waals surface area contributed by atoms with E-state index in [0.29, 0.717) is 26.4 Å². The van der Waals surface area contributed by atoms with E-state index in [-0.39, 0.29) is 0 Å². The molecule has 42 heavy (non-hydrogen) atoms. The quantitative estimate of drug-likeness (QED) is 0.0782. The van der Waals surface area contributed by atoms with Gasteiger partial charge in [-0.05, 0) is 25.7 Å². The predicted octanol–water partition coefficient (Wildman–Crippen LogP) is 12.6. The van der Waals surface area contributed by atoms with E-state index in [9.17, 15) is 0 Å². The maximum atomic E-state index is 6.34. The molecule has 0 bridgehead atoms. The van der Waals surface area contributed by atoms with Crippen LogP contribution in [0.4, 0.5) is 0 Å². The van der Waals surface area contributed by atoms with Crippen LogP contribution in [0.3, 0.4) is 0 Å². The van der Waals surface area contributed by atoms with Gasteiger partial charge >= 0.3 is 0 Å². The lowest BCUT2D eigenvalue weighted by atomic mass is 10.1. The second-order valence-corrected chi connectivity index (χ2v) is 12.2. The lowest BCUT2D eigenvalue weighted by molar-refractivity contribution is 0.239. The molecule has 1 aromatic rings. The molecule has 0 saturated carbocycles. The third-order valence-electron chi connectivity index (χ3n) is 8.03. The summed E-state index contributed by atoms with van der Waals surface area (Å²) in [6, 6.07) is 4.09.